The van der Waals surface area contributed by atoms with Gasteiger partial charge in [0.25, 0.3) is 5.91 Å². The van der Waals surface area contributed by atoms with Gasteiger partial charge >= 0.3 is 0 Å². The lowest BCUT2D eigenvalue weighted by Gasteiger charge is -2.11. The second-order valence-corrected chi connectivity index (χ2v) is 6.06. The highest BCUT2D eigenvalue weighted by atomic mass is 32.2. The van der Waals surface area contributed by atoms with E-state index >= 15 is 0 Å². The number of aliphatic imine (C=N–C) groups is 1. The van der Waals surface area contributed by atoms with Crippen LogP contribution in [0.25, 0.3) is 6.08 Å². The van der Waals surface area contributed by atoms with Crippen molar-refractivity contribution in [2.45, 2.75) is 6.92 Å². The first kappa shape index (κ1) is 16.4. The number of halogens is 2. The molecule has 0 unspecified atom stereocenters. The number of rotatable bonds is 3. The number of carbonyl (C=O) groups excluding carboxylic acids is 1. The Kier molecular flexibility index (Phi) is 4.76. The van der Waals surface area contributed by atoms with Crippen molar-refractivity contribution in [2.24, 2.45) is 4.99 Å². The highest BCUT2D eigenvalue weighted by Gasteiger charge is 2.32. The Labute approximate surface area is 142 Å². The fourth-order valence-corrected chi connectivity index (χ4v) is 3.28. The van der Waals surface area contributed by atoms with E-state index in [1.807, 2.05) is 6.92 Å². The summed E-state index contributed by atoms with van der Waals surface area (Å²) in [5, 5.41) is 0.497. The van der Waals surface area contributed by atoms with Gasteiger partial charge in [0.15, 0.2) is 5.17 Å². The standard InChI is InChI=1S/C18H14F2N2OS/c1-2-22-17(23)16(11-12-5-3-4-6-15(12)20)24-18(22)21-14-9-7-13(19)8-10-14/h3-11H,2H2,1H3/b16-11+,21-18?. The Morgan fingerprint density at radius 1 is 1.12 bits per heavy atom. The van der Waals surface area contributed by atoms with Crippen molar-refractivity contribution in [3.63, 3.8) is 0 Å². The Morgan fingerprint density at radius 3 is 2.50 bits per heavy atom. The summed E-state index contributed by atoms with van der Waals surface area (Å²) in [6.07, 6.45) is 1.53. The number of amidine groups is 1. The summed E-state index contributed by atoms with van der Waals surface area (Å²) in [5.41, 5.74) is 0.907. The van der Waals surface area contributed by atoms with E-state index < -0.39 is 0 Å². The van der Waals surface area contributed by atoms with Gasteiger partial charge in [-0.25, -0.2) is 13.8 Å². The monoisotopic (exact) mass is 344 g/mol. The van der Waals surface area contributed by atoms with Crippen LogP contribution in [0.2, 0.25) is 0 Å². The van der Waals surface area contributed by atoms with Crippen molar-refractivity contribution < 1.29 is 13.6 Å². The molecule has 2 aromatic carbocycles. The molecule has 1 heterocycles. The lowest BCUT2D eigenvalue weighted by Crippen LogP contribution is -2.28. The van der Waals surface area contributed by atoms with Crippen LogP contribution in [0.3, 0.4) is 0 Å². The Morgan fingerprint density at radius 2 is 1.83 bits per heavy atom. The highest BCUT2D eigenvalue weighted by molar-refractivity contribution is 8.18. The van der Waals surface area contributed by atoms with Gasteiger partial charge in [-0.3, -0.25) is 9.69 Å². The predicted octanol–water partition coefficient (Wildman–Crippen LogP) is 4.59. The molecule has 0 aromatic heterocycles. The van der Waals surface area contributed by atoms with Crippen molar-refractivity contribution in [2.75, 3.05) is 6.54 Å². The third kappa shape index (κ3) is 3.38. The molecule has 3 rings (SSSR count). The average Bonchev–Trinajstić information content (AvgIpc) is 2.87. The normalized spacial score (nSPS) is 18.0. The number of carbonyl (C=O) groups is 1. The van der Waals surface area contributed by atoms with E-state index in [0.29, 0.717) is 27.9 Å². The molecule has 0 atom stereocenters. The minimum absolute atomic E-state index is 0.216. The third-order valence-electron chi connectivity index (χ3n) is 3.45. The van der Waals surface area contributed by atoms with Crippen molar-refractivity contribution in [3.8, 4) is 0 Å². The third-order valence-corrected chi connectivity index (χ3v) is 4.45. The minimum atomic E-state index is -0.384. The van der Waals surface area contributed by atoms with E-state index in [1.165, 1.54) is 40.9 Å². The van der Waals surface area contributed by atoms with Crippen molar-refractivity contribution in [1.29, 1.82) is 0 Å². The van der Waals surface area contributed by atoms with Crippen LogP contribution in [0.4, 0.5) is 14.5 Å². The van der Waals surface area contributed by atoms with Crippen LogP contribution in [-0.4, -0.2) is 22.5 Å². The van der Waals surface area contributed by atoms with Gasteiger partial charge in [0.05, 0.1) is 10.6 Å². The Balaban J connectivity index is 1.94. The molecular weight excluding hydrogens is 330 g/mol. The first-order chi connectivity index (χ1) is 11.6. The van der Waals surface area contributed by atoms with E-state index in [-0.39, 0.29) is 17.5 Å². The largest absolute Gasteiger partial charge is 0.287 e. The van der Waals surface area contributed by atoms with Gasteiger partial charge in [0, 0.05) is 12.1 Å². The van der Waals surface area contributed by atoms with Crippen LogP contribution in [0.15, 0.2) is 58.4 Å². The Bertz CT molecular complexity index is 831. The second-order valence-electron chi connectivity index (χ2n) is 5.05. The maximum absolute atomic E-state index is 13.8. The average molecular weight is 344 g/mol. The van der Waals surface area contributed by atoms with Crippen LogP contribution in [0, 0.1) is 11.6 Å². The number of benzene rings is 2. The molecule has 1 fully saturated rings. The van der Waals surface area contributed by atoms with Gasteiger partial charge in [0.2, 0.25) is 0 Å². The minimum Gasteiger partial charge on any atom is -0.287 e. The summed E-state index contributed by atoms with van der Waals surface area (Å²) in [7, 11) is 0. The van der Waals surface area contributed by atoms with Crippen LogP contribution in [0.1, 0.15) is 12.5 Å². The predicted molar refractivity (Wildman–Crippen MR) is 92.9 cm³/mol. The zero-order chi connectivity index (χ0) is 17.1. The van der Waals surface area contributed by atoms with Gasteiger partial charge in [0.1, 0.15) is 11.6 Å². The maximum atomic E-state index is 13.8. The number of nitrogens with zero attached hydrogens (tertiary/aromatic N) is 2. The summed E-state index contributed by atoms with van der Waals surface area (Å²) < 4.78 is 26.8. The van der Waals surface area contributed by atoms with Crippen molar-refractivity contribution >= 4 is 34.6 Å². The fraction of sp³-hybridized carbons (Fsp3) is 0.111. The van der Waals surface area contributed by atoms with Crippen molar-refractivity contribution in [1.82, 2.24) is 4.90 Å². The van der Waals surface area contributed by atoms with E-state index in [4.69, 9.17) is 0 Å². The molecule has 0 saturated carbocycles. The topological polar surface area (TPSA) is 32.7 Å². The fourth-order valence-electron chi connectivity index (χ4n) is 2.23. The SMILES string of the molecule is CCN1C(=O)/C(=C\c2ccccc2F)SC1=Nc1ccc(F)cc1. The first-order valence-electron chi connectivity index (χ1n) is 7.38. The highest BCUT2D eigenvalue weighted by Crippen LogP contribution is 2.34. The lowest BCUT2D eigenvalue weighted by atomic mass is 10.2. The number of amides is 1. The molecule has 0 aliphatic carbocycles. The first-order valence-corrected chi connectivity index (χ1v) is 8.20. The molecule has 6 heteroatoms. The number of thioether (sulfide) groups is 1. The molecule has 0 radical (unpaired) electrons. The molecule has 3 nitrogen and oxygen atoms in total. The lowest BCUT2D eigenvalue weighted by molar-refractivity contribution is -0.122. The zero-order valence-electron chi connectivity index (χ0n) is 12.9. The molecule has 2 aromatic rings. The van der Waals surface area contributed by atoms with E-state index in [9.17, 15) is 13.6 Å². The number of hydrogen-bond acceptors (Lipinski definition) is 3. The molecule has 0 spiro atoms. The van der Waals surface area contributed by atoms with Gasteiger partial charge in [-0.1, -0.05) is 18.2 Å². The van der Waals surface area contributed by atoms with Crippen molar-refractivity contribution in [3.05, 3.63) is 70.6 Å². The van der Waals surface area contributed by atoms with E-state index in [0.717, 1.165) is 0 Å². The zero-order valence-corrected chi connectivity index (χ0v) is 13.7. The molecule has 1 aliphatic rings. The molecule has 24 heavy (non-hydrogen) atoms. The Hall–Kier alpha value is -2.47. The summed E-state index contributed by atoms with van der Waals surface area (Å²) in [6, 6.07) is 12.0. The smallest absolute Gasteiger partial charge is 0.266 e. The van der Waals surface area contributed by atoms with Crippen LogP contribution >= 0.6 is 11.8 Å². The molecule has 0 N–H and O–H groups in total. The molecule has 1 saturated heterocycles. The number of likely N-dealkylation sites (N-methyl/N-ethyl adjacent to an activating group) is 1. The molecule has 0 bridgehead atoms. The molecular formula is C18H14F2N2OS. The number of hydrogen-bond donors (Lipinski definition) is 0. The summed E-state index contributed by atoms with van der Waals surface area (Å²) >= 11 is 1.18. The van der Waals surface area contributed by atoms with Gasteiger partial charge in [-0.15, -0.1) is 0 Å². The van der Waals surface area contributed by atoms with Gasteiger partial charge < -0.3 is 0 Å². The van der Waals surface area contributed by atoms with Crippen LogP contribution in [0.5, 0.6) is 0 Å². The summed E-state index contributed by atoms with van der Waals surface area (Å²) in [6.45, 7) is 2.28. The quantitative estimate of drug-likeness (QED) is 0.763. The molecule has 1 aliphatic heterocycles. The van der Waals surface area contributed by atoms with Gasteiger partial charge in [-0.05, 0) is 55.1 Å². The maximum Gasteiger partial charge on any atom is 0.266 e. The molecule has 122 valence electrons. The van der Waals surface area contributed by atoms with Crippen LogP contribution < -0.4 is 0 Å². The van der Waals surface area contributed by atoms with E-state index in [1.54, 1.807) is 30.3 Å². The van der Waals surface area contributed by atoms with Gasteiger partial charge in [-0.2, -0.15) is 0 Å². The second kappa shape index (κ2) is 6.97. The van der Waals surface area contributed by atoms with Crippen LogP contribution in [-0.2, 0) is 4.79 Å². The summed E-state index contributed by atoms with van der Waals surface area (Å²) in [5.74, 6) is -0.946. The van der Waals surface area contributed by atoms with E-state index in [2.05, 4.69) is 4.99 Å². The molecule has 1 amide bonds. The summed E-state index contributed by atoms with van der Waals surface area (Å²) in [4.78, 5) is 18.8.